The molecule has 0 aliphatic carbocycles. The molecule has 0 bridgehead atoms. The van der Waals surface area contributed by atoms with Crippen LogP contribution in [0.5, 0.6) is 0 Å². The third-order valence-electron chi connectivity index (χ3n) is 2.97. The molecule has 2 aromatic carbocycles. The van der Waals surface area contributed by atoms with Gasteiger partial charge in [0.1, 0.15) is 0 Å². The Bertz CT molecular complexity index is 671. The number of carbonyl (C=O) groups excluding carboxylic acids is 2. The summed E-state index contributed by atoms with van der Waals surface area (Å²) >= 11 is 5.07. The number of rotatable bonds is 6. The third-order valence-corrected chi connectivity index (χ3v) is 4.46. The molecule has 0 heterocycles. The summed E-state index contributed by atoms with van der Waals surface area (Å²) in [6, 6.07) is 14.9. The average molecular weight is 378 g/mol. The number of amides is 1. The molecule has 0 aromatic heterocycles. The molecule has 0 saturated carbocycles. The normalized spacial score (nSPS) is 10.3. The van der Waals surface area contributed by atoms with Crippen molar-refractivity contribution in [3.05, 3.63) is 58.6 Å². The summed E-state index contributed by atoms with van der Waals surface area (Å²) in [5, 5.41) is 2.83. The second-order valence-corrected chi connectivity index (χ2v) is 6.82. The van der Waals surface area contributed by atoms with Crippen molar-refractivity contribution in [2.24, 2.45) is 0 Å². The maximum Gasteiger partial charge on any atom is 0.225 e. The van der Waals surface area contributed by atoms with E-state index in [0.29, 0.717) is 23.4 Å². The smallest absolute Gasteiger partial charge is 0.225 e. The fraction of sp³-hybridized carbons (Fsp3) is 0.176. The predicted octanol–water partition coefficient (Wildman–Crippen LogP) is 4.77. The SMILES string of the molecule is CC(=O)c1ccc(NC(=O)CCSc2cccc(Br)c2)cc1. The summed E-state index contributed by atoms with van der Waals surface area (Å²) in [6.45, 7) is 1.52. The molecule has 0 atom stereocenters. The fourth-order valence-electron chi connectivity index (χ4n) is 1.83. The number of hydrogen-bond donors (Lipinski definition) is 1. The molecule has 0 fully saturated rings. The van der Waals surface area contributed by atoms with E-state index >= 15 is 0 Å². The molecule has 0 aliphatic heterocycles. The van der Waals surface area contributed by atoms with Gasteiger partial charge in [-0.15, -0.1) is 11.8 Å². The summed E-state index contributed by atoms with van der Waals surface area (Å²) in [7, 11) is 0. The molecule has 0 unspecified atom stereocenters. The Balaban J connectivity index is 1.79. The zero-order valence-corrected chi connectivity index (χ0v) is 14.5. The van der Waals surface area contributed by atoms with Crippen LogP contribution in [0.15, 0.2) is 57.9 Å². The van der Waals surface area contributed by atoms with Crippen molar-refractivity contribution in [1.29, 1.82) is 0 Å². The highest BCUT2D eigenvalue weighted by atomic mass is 79.9. The number of Topliss-reactive ketones (excluding diaryl/α,β-unsaturated/α-hetero) is 1. The van der Waals surface area contributed by atoms with E-state index in [1.165, 1.54) is 6.92 Å². The molecule has 0 saturated heterocycles. The Kier molecular flexibility index (Phi) is 6.21. The fourth-order valence-corrected chi connectivity index (χ4v) is 3.29. The van der Waals surface area contributed by atoms with Crippen LogP contribution in [0.4, 0.5) is 5.69 Å². The molecule has 1 amide bonds. The lowest BCUT2D eigenvalue weighted by molar-refractivity contribution is -0.115. The minimum absolute atomic E-state index is 0.0169. The van der Waals surface area contributed by atoms with Gasteiger partial charge >= 0.3 is 0 Å². The Morgan fingerprint density at radius 3 is 2.50 bits per heavy atom. The van der Waals surface area contributed by atoms with Crippen LogP contribution in [-0.2, 0) is 4.79 Å². The van der Waals surface area contributed by atoms with E-state index in [0.717, 1.165) is 9.37 Å². The molecule has 0 radical (unpaired) electrons. The van der Waals surface area contributed by atoms with Crippen LogP contribution in [0.1, 0.15) is 23.7 Å². The minimum atomic E-state index is -0.0296. The van der Waals surface area contributed by atoms with Gasteiger partial charge in [-0.25, -0.2) is 0 Å². The zero-order valence-electron chi connectivity index (χ0n) is 12.1. The van der Waals surface area contributed by atoms with Crippen molar-refractivity contribution < 1.29 is 9.59 Å². The van der Waals surface area contributed by atoms with Crippen molar-refractivity contribution in [3.63, 3.8) is 0 Å². The number of carbonyl (C=O) groups is 2. The standard InChI is InChI=1S/C17H16BrNO2S/c1-12(20)13-5-7-15(8-6-13)19-17(21)9-10-22-16-4-2-3-14(18)11-16/h2-8,11H,9-10H2,1H3,(H,19,21). The van der Waals surface area contributed by atoms with Gasteiger partial charge in [0.2, 0.25) is 5.91 Å². The summed E-state index contributed by atoms with van der Waals surface area (Å²) in [4.78, 5) is 24.2. The van der Waals surface area contributed by atoms with Crippen LogP contribution in [0, 0.1) is 0 Å². The number of nitrogens with one attached hydrogen (secondary N) is 1. The van der Waals surface area contributed by atoms with E-state index in [2.05, 4.69) is 21.2 Å². The number of ketones is 1. The number of thioether (sulfide) groups is 1. The Morgan fingerprint density at radius 1 is 1.14 bits per heavy atom. The van der Waals surface area contributed by atoms with Crippen LogP contribution in [0.2, 0.25) is 0 Å². The van der Waals surface area contributed by atoms with E-state index in [1.54, 1.807) is 36.0 Å². The minimum Gasteiger partial charge on any atom is -0.326 e. The van der Waals surface area contributed by atoms with Gasteiger partial charge in [-0.1, -0.05) is 22.0 Å². The van der Waals surface area contributed by atoms with Gasteiger partial charge in [0, 0.05) is 32.8 Å². The quantitative estimate of drug-likeness (QED) is 0.582. The second kappa shape index (κ2) is 8.15. The van der Waals surface area contributed by atoms with Crippen LogP contribution < -0.4 is 5.32 Å². The average Bonchev–Trinajstić information content (AvgIpc) is 2.48. The lowest BCUT2D eigenvalue weighted by atomic mass is 10.1. The van der Waals surface area contributed by atoms with Crippen molar-refractivity contribution in [2.45, 2.75) is 18.2 Å². The van der Waals surface area contributed by atoms with Crippen LogP contribution in [0.25, 0.3) is 0 Å². The van der Waals surface area contributed by atoms with Gasteiger partial charge in [0.05, 0.1) is 0 Å². The summed E-state index contributed by atoms with van der Waals surface area (Å²) in [6.07, 6.45) is 0.436. The predicted molar refractivity (Wildman–Crippen MR) is 94.6 cm³/mol. The molecule has 114 valence electrons. The Morgan fingerprint density at radius 2 is 1.86 bits per heavy atom. The molecule has 5 heteroatoms. The van der Waals surface area contributed by atoms with Crippen LogP contribution in [-0.4, -0.2) is 17.4 Å². The lowest BCUT2D eigenvalue weighted by Crippen LogP contribution is -2.12. The summed E-state index contributed by atoms with van der Waals surface area (Å²) in [5.74, 6) is 0.703. The molecule has 0 aliphatic rings. The summed E-state index contributed by atoms with van der Waals surface area (Å²) < 4.78 is 1.03. The van der Waals surface area contributed by atoms with Crippen LogP contribution >= 0.6 is 27.7 Å². The Labute approximate surface area is 142 Å². The van der Waals surface area contributed by atoms with Gasteiger partial charge in [-0.3, -0.25) is 9.59 Å². The van der Waals surface area contributed by atoms with Gasteiger partial charge < -0.3 is 5.32 Å². The number of benzene rings is 2. The van der Waals surface area contributed by atoms with Gasteiger partial charge in [0.15, 0.2) is 5.78 Å². The highest BCUT2D eigenvalue weighted by Gasteiger charge is 2.04. The van der Waals surface area contributed by atoms with E-state index in [1.807, 2.05) is 24.3 Å². The zero-order chi connectivity index (χ0) is 15.9. The maximum absolute atomic E-state index is 11.9. The number of halogens is 1. The topological polar surface area (TPSA) is 46.2 Å². The molecule has 1 N–H and O–H groups in total. The van der Waals surface area contributed by atoms with Gasteiger partial charge in [-0.2, -0.15) is 0 Å². The maximum atomic E-state index is 11.9. The lowest BCUT2D eigenvalue weighted by Gasteiger charge is -2.06. The Hall–Kier alpha value is -1.59. The molecule has 2 rings (SSSR count). The third kappa shape index (κ3) is 5.31. The first-order valence-electron chi connectivity index (χ1n) is 6.84. The van der Waals surface area contributed by atoms with E-state index < -0.39 is 0 Å². The highest BCUT2D eigenvalue weighted by Crippen LogP contribution is 2.22. The van der Waals surface area contributed by atoms with Crippen molar-refractivity contribution in [1.82, 2.24) is 0 Å². The molecule has 22 heavy (non-hydrogen) atoms. The highest BCUT2D eigenvalue weighted by molar-refractivity contribution is 9.10. The summed E-state index contributed by atoms with van der Waals surface area (Å²) in [5.41, 5.74) is 1.35. The van der Waals surface area contributed by atoms with E-state index in [9.17, 15) is 9.59 Å². The molecule has 0 spiro atoms. The van der Waals surface area contributed by atoms with E-state index in [4.69, 9.17) is 0 Å². The van der Waals surface area contributed by atoms with Crippen LogP contribution in [0.3, 0.4) is 0 Å². The van der Waals surface area contributed by atoms with E-state index in [-0.39, 0.29) is 11.7 Å². The number of anilines is 1. The van der Waals surface area contributed by atoms with Crippen molar-refractivity contribution in [2.75, 3.05) is 11.1 Å². The molecule has 2 aromatic rings. The first-order valence-corrected chi connectivity index (χ1v) is 8.61. The first-order chi connectivity index (χ1) is 10.5. The first kappa shape index (κ1) is 16.8. The van der Waals surface area contributed by atoms with Gasteiger partial charge in [0.25, 0.3) is 0 Å². The number of hydrogen-bond acceptors (Lipinski definition) is 3. The molecular formula is C17H16BrNO2S. The van der Waals surface area contributed by atoms with Gasteiger partial charge in [-0.05, 0) is 49.4 Å². The molecule has 3 nitrogen and oxygen atoms in total. The largest absolute Gasteiger partial charge is 0.326 e. The molecular weight excluding hydrogens is 362 g/mol. The van der Waals surface area contributed by atoms with Crippen molar-refractivity contribution >= 4 is 45.1 Å². The monoisotopic (exact) mass is 377 g/mol. The second-order valence-electron chi connectivity index (χ2n) is 4.74. The van der Waals surface area contributed by atoms with Crippen molar-refractivity contribution in [3.8, 4) is 0 Å².